The summed E-state index contributed by atoms with van der Waals surface area (Å²) in [5.41, 5.74) is 3.33. The molecule has 0 radical (unpaired) electrons. The van der Waals surface area contributed by atoms with Crippen molar-refractivity contribution in [3.05, 3.63) is 45.9 Å². The van der Waals surface area contributed by atoms with Gasteiger partial charge in [0.15, 0.2) is 0 Å². The van der Waals surface area contributed by atoms with Crippen molar-refractivity contribution in [3.8, 4) is 12.3 Å². The molecule has 3 aromatic rings. The van der Waals surface area contributed by atoms with Crippen LogP contribution in [0.2, 0.25) is 0 Å². The number of hydrogen-bond donors (Lipinski definition) is 0. The van der Waals surface area contributed by atoms with Crippen LogP contribution in [0.3, 0.4) is 0 Å². The maximum absolute atomic E-state index is 12.7. The molecule has 4 nitrogen and oxygen atoms in total. The third kappa shape index (κ3) is 1.56. The van der Waals surface area contributed by atoms with Crippen LogP contribution in [0.25, 0.3) is 16.8 Å². The van der Waals surface area contributed by atoms with Crippen LogP contribution in [-0.2, 0) is 13.0 Å². The first-order valence-corrected chi connectivity index (χ1v) is 6.62. The van der Waals surface area contributed by atoms with Gasteiger partial charge in [0.2, 0.25) is 5.78 Å². The Morgan fingerprint density at radius 3 is 2.80 bits per heavy atom. The molecule has 0 aliphatic carbocycles. The normalized spacial score (nSPS) is 11.1. The maximum Gasteiger partial charge on any atom is 0.262 e. The molecular weight excluding hydrogens is 250 g/mol. The quantitative estimate of drug-likeness (QED) is 0.666. The van der Waals surface area contributed by atoms with Crippen molar-refractivity contribution in [1.29, 1.82) is 0 Å². The lowest BCUT2D eigenvalue weighted by Gasteiger charge is -2.13. The van der Waals surface area contributed by atoms with E-state index in [9.17, 15) is 4.79 Å². The number of rotatable bonds is 2. The Bertz CT molecular complexity index is 909. The summed E-state index contributed by atoms with van der Waals surface area (Å²) in [6, 6.07) is 7.64. The van der Waals surface area contributed by atoms with Gasteiger partial charge in [-0.2, -0.15) is 0 Å². The Balaban J connectivity index is 2.61. The summed E-state index contributed by atoms with van der Waals surface area (Å²) < 4.78 is 3.60. The minimum atomic E-state index is 0.00183. The Kier molecular flexibility index (Phi) is 2.83. The number of imidazole rings is 1. The molecule has 0 aliphatic rings. The molecule has 0 saturated heterocycles. The fraction of sp³-hybridized carbons (Fsp3) is 0.250. The van der Waals surface area contributed by atoms with Crippen molar-refractivity contribution < 1.29 is 0 Å². The van der Waals surface area contributed by atoms with Gasteiger partial charge in [-0.1, -0.05) is 25.0 Å². The van der Waals surface area contributed by atoms with E-state index in [0.29, 0.717) is 18.7 Å². The van der Waals surface area contributed by atoms with E-state index in [1.807, 2.05) is 42.7 Å². The summed E-state index contributed by atoms with van der Waals surface area (Å²) in [5, 5.41) is 0. The van der Waals surface area contributed by atoms with Gasteiger partial charge in [0.1, 0.15) is 0 Å². The zero-order valence-corrected chi connectivity index (χ0v) is 11.6. The average molecular weight is 265 g/mol. The largest absolute Gasteiger partial charge is 0.304 e. The van der Waals surface area contributed by atoms with E-state index in [0.717, 1.165) is 22.3 Å². The predicted octanol–water partition coefficient (Wildman–Crippen LogP) is 2.15. The van der Waals surface area contributed by atoms with Crippen LogP contribution in [0.15, 0.2) is 29.1 Å². The molecule has 1 aromatic carbocycles. The van der Waals surface area contributed by atoms with Crippen molar-refractivity contribution in [1.82, 2.24) is 14.0 Å². The molecule has 0 fully saturated rings. The monoisotopic (exact) mass is 265 g/mol. The van der Waals surface area contributed by atoms with Gasteiger partial charge in [0.05, 0.1) is 17.6 Å². The Hall–Kier alpha value is -2.54. The van der Waals surface area contributed by atoms with Crippen molar-refractivity contribution in [3.63, 3.8) is 0 Å². The lowest BCUT2D eigenvalue weighted by atomic mass is 10.2. The molecule has 0 N–H and O–H groups in total. The molecule has 4 heteroatoms. The van der Waals surface area contributed by atoms with Gasteiger partial charge in [0.25, 0.3) is 5.56 Å². The van der Waals surface area contributed by atoms with E-state index in [-0.39, 0.29) is 5.56 Å². The van der Waals surface area contributed by atoms with E-state index < -0.39 is 0 Å². The zero-order valence-electron chi connectivity index (χ0n) is 11.6. The minimum absolute atomic E-state index is 0.00183. The van der Waals surface area contributed by atoms with Gasteiger partial charge >= 0.3 is 0 Å². The number of terminal acetylenes is 1. The zero-order chi connectivity index (χ0) is 14.3. The average Bonchev–Trinajstić information content (AvgIpc) is 2.83. The van der Waals surface area contributed by atoms with Gasteiger partial charge < -0.3 is 4.57 Å². The molecule has 20 heavy (non-hydrogen) atoms. The van der Waals surface area contributed by atoms with Gasteiger partial charge in [-0.25, -0.2) is 9.38 Å². The van der Waals surface area contributed by atoms with Crippen LogP contribution < -0.4 is 5.56 Å². The number of para-hydroxylation sites is 2. The molecule has 0 amide bonds. The number of hydrogen-bond acceptors (Lipinski definition) is 2. The van der Waals surface area contributed by atoms with Crippen LogP contribution in [0, 0.1) is 19.3 Å². The highest BCUT2D eigenvalue weighted by Gasteiger charge is 2.16. The molecule has 0 bridgehead atoms. The first-order valence-electron chi connectivity index (χ1n) is 6.62. The lowest BCUT2D eigenvalue weighted by Crippen LogP contribution is -2.24. The lowest BCUT2D eigenvalue weighted by molar-refractivity contribution is 0.760. The first-order chi connectivity index (χ1) is 9.69. The van der Waals surface area contributed by atoms with Crippen molar-refractivity contribution in [2.24, 2.45) is 0 Å². The van der Waals surface area contributed by atoms with Gasteiger partial charge in [0, 0.05) is 11.3 Å². The fourth-order valence-electron chi connectivity index (χ4n) is 2.68. The number of aromatic nitrogens is 3. The summed E-state index contributed by atoms with van der Waals surface area (Å²) in [4.78, 5) is 17.2. The van der Waals surface area contributed by atoms with E-state index in [1.54, 1.807) is 4.40 Å². The second-order valence-electron chi connectivity index (χ2n) is 4.75. The van der Waals surface area contributed by atoms with Gasteiger partial charge in [-0.05, 0) is 25.5 Å². The number of fused-ring (bicyclic) bond motifs is 3. The second-order valence-corrected chi connectivity index (χ2v) is 4.75. The Morgan fingerprint density at radius 1 is 1.35 bits per heavy atom. The third-order valence-corrected chi connectivity index (χ3v) is 3.69. The summed E-state index contributed by atoms with van der Waals surface area (Å²) in [6.07, 6.45) is 6.14. The smallest absolute Gasteiger partial charge is 0.262 e. The molecule has 2 aromatic heterocycles. The molecule has 0 spiro atoms. The van der Waals surface area contributed by atoms with Gasteiger partial charge in [-0.3, -0.25) is 4.79 Å². The summed E-state index contributed by atoms with van der Waals surface area (Å²) >= 11 is 0. The molecule has 0 atom stereocenters. The predicted molar refractivity (Wildman–Crippen MR) is 79.9 cm³/mol. The second kappa shape index (κ2) is 4.53. The molecule has 3 rings (SSSR count). The summed E-state index contributed by atoms with van der Waals surface area (Å²) in [6.45, 7) is 4.32. The Labute approximate surface area is 116 Å². The molecular formula is C16H15N3O. The molecule has 100 valence electrons. The van der Waals surface area contributed by atoms with Gasteiger partial charge in [-0.15, -0.1) is 6.42 Å². The minimum Gasteiger partial charge on any atom is -0.304 e. The first kappa shape index (κ1) is 12.5. The van der Waals surface area contributed by atoms with E-state index in [2.05, 4.69) is 10.9 Å². The van der Waals surface area contributed by atoms with Crippen LogP contribution in [0.1, 0.15) is 18.2 Å². The van der Waals surface area contributed by atoms with Crippen LogP contribution in [0.4, 0.5) is 0 Å². The van der Waals surface area contributed by atoms with Crippen molar-refractivity contribution in [2.75, 3.05) is 0 Å². The Morgan fingerprint density at radius 2 is 2.10 bits per heavy atom. The number of benzene rings is 1. The fourth-order valence-corrected chi connectivity index (χ4v) is 2.68. The standard InChI is InChI=1S/C16H15N3O/c1-4-10-18-11(3)12(5-2)15(20)19-14-9-7-6-8-13(14)17-16(18)19/h1,6-9H,5,10H2,2-3H3. The van der Waals surface area contributed by atoms with Crippen molar-refractivity contribution >= 4 is 16.8 Å². The SMILES string of the molecule is C#CCn1c(C)c(CC)c(=O)n2c3ccccc3nc12. The number of nitrogens with zero attached hydrogens (tertiary/aromatic N) is 3. The van der Waals surface area contributed by atoms with E-state index in [1.165, 1.54) is 0 Å². The van der Waals surface area contributed by atoms with Crippen LogP contribution >= 0.6 is 0 Å². The molecule has 0 aliphatic heterocycles. The highest BCUT2D eigenvalue weighted by molar-refractivity contribution is 5.79. The molecule has 0 unspecified atom stereocenters. The summed E-state index contributed by atoms with van der Waals surface area (Å²) in [5.74, 6) is 3.25. The maximum atomic E-state index is 12.7. The highest BCUT2D eigenvalue weighted by atomic mass is 16.1. The van der Waals surface area contributed by atoms with E-state index in [4.69, 9.17) is 6.42 Å². The van der Waals surface area contributed by atoms with Crippen LogP contribution in [0.5, 0.6) is 0 Å². The summed E-state index contributed by atoms with van der Waals surface area (Å²) in [7, 11) is 0. The third-order valence-electron chi connectivity index (χ3n) is 3.69. The highest BCUT2D eigenvalue weighted by Crippen LogP contribution is 2.17. The molecule has 2 heterocycles. The van der Waals surface area contributed by atoms with Crippen LogP contribution in [-0.4, -0.2) is 14.0 Å². The van der Waals surface area contributed by atoms with E-state index >= 15 is 0 Å². The van der Waals surface area contributed by atoms with Crippen molar-refractivity contribution in [2.45, 2.75) is 26.8 Å². The topological polar surface area (TPSA) is 39.3 Å². The molecule has 0 saturated carbocycles.